The average Bonchev–Trinajstić information content (AvgIpc) is 2.80. The van der Waals surface area contributed by atoms with Crippen molar-refractivity contribution in [2.45, 2.75) is 25.7 Å². The monoisotopic (exact) mass is 420 g/mol. The first kappa shape index (κ1) is 21.1. The number of halogens is 1. The molecule has 1 fully saturated rings. The van der Waals surface area contributed by atoms with E-state index in [4.69, 9.17) is 9.72 Å². The molecular weight excluding hydrogens is 395 g/mol. The van der Waals surface area contributed by atoms with Gasteiger partial charge in [-0.05, 0) is 42.2 Å². The normalized spacial score (nSPS) is 15.0. The quantitative estimate of drug-likeness (QED) is 0.611. The van der Waals surface area contributed by atoms with Gasteiger partial charge in [0.1, 0.15) is 5.82 Å². The van der Waals surface area contributed by atoms with E-state index >= 15 is 0 Å². The van der Waals surface area contributed by atoms with Crippen molar-refractivity contribution in [3.8, 4) is 0 Å². The zero-order chi connectivity index (χ0) is 21.6. The second-order valence-corrected chi connectivity index (χ2v) is 7.77. The Balaban J connectivity index is 1.61. The van der Waals surface area contributed by atoms with E-state index in [-0.39, 0.29) is 17.6 Å². The lowest BCUT2D eigenvalue weighted by Crippen LogP contribution is -2.40. The predicted molar refractivity (Wildman–Crippen MR) is 114 cm³/mol. The zero-order valence-corrected chi connectivity index (χ0v) is 17.5. The van der Waals surface area contributed by atoms with Crippen molar-refractivity contribution in [2.24, 2.45) is 0 Å². The van der Waals surface area contributed by atoms with Gasteiger partial charge in [-0.1, -0.05) is 19.1 Å². The molecular formula is C24H25FN4O2. The molecule has 7 heteroatoms. The van der Waals surface area contributed by atoms with Crippen LogP contribution in [-0.4, -0.2) is 52.1 Å². The first-order chi connectivity index (χ1) is 15.1. The Morgan fingerprint density at radius 2 is 1.84 bits per heavy atom. The highest BCUT2D eigenvalue weighted by Crippen LogP contribution is 2.22. The van der Waals surface area contributed by atoms with E-state index in [0.29, 0.717) is 44.7 Å². The van der Waals surface area contributed by atoms with E-state index in [1.54, 1.807) is 30.7 Å². The number of aromatic nitrogens is 3. The summed E-state index contributed by atoms with van der Waals surface area (Å²) in [5.74, 6) is -0.133. The van der Waals surface area contributed by atoms with Gasteiger partial charge in [0.25, 0.3) is 5.91 Å². The number of pyridine rings is 1. The Morgan fingerprint density at radius 3 is 2.55 bits per heavy atom. The van der Waals surface area contributed by atoms with Gasteiger partial charge in [0, 0.05) is 55.1 Å². The Bertz CT molecular complexity index is 1020. The van der Waals surface area contributed by atoms with E-state index in [1.165, 1.54) is 12.1 Å². The molecule has 3 aromatic rings. The number of rotatable bonds is 6. The molecule has 1 saturated heterocycles. The van der Waals surface area contributed by atoms with E-state index in [9.17, 15) is 9.18 Å². The van der Waals surface area contributed by atoms with Crippen LogP contribution in [-0.2, 0) is 17.6 Å². The van der Waals surface area contributed by atoms with Gasteiger partial charge in [-0.3, -0.25) is 19.7 Å². The van der Waals surface area contributed by atoms with Crippen LogP contribution < -0.4 is 0 Å². The van der Waals surface area contributed by atoms with Crippen LogP contribution in [0.15, 0.2) is 55.0 Å². The Hall–Kier alpha value is -3.19. The highest BCUT2D eigenvalue weighted by Gasteiger charge is 2.21. The molecule has 2 aromatic heterocycles. The molecule has 0 radical (unpaired) electrons. The molecule has 0 N–H and O–H groups in total. The van der Waals surface area contributed by atoms with Gasteiger partial charge in [0.05, 0.1) is 18.9 Å². The molecule has 1 amide bonds. The largest absolute Gasteiger partial charge is 0.378 e. The van der Waals surface area contributed by atoms with Crippen LogP contribution in [0.4, 0.5) is 4.39 Å². The minimum atomic E-state index is -0.251. The molecule has 0 spiro atoms. The third-order valence-electron chi connectivity index (χ3n) is 5.41. The van der Waals surface area contributed by atoms with Crippen molar-refractivity contribution in [3.63, 3.8) is 0 Å². The first-order valence-electron chi connectivity index (χ1n) is 10.5. The molecule has 4 rings (SSSR count). The van der Waals surface area contributed by atoms with Crippen LogP contribution in [0.1, 0.15) is 45.8 Å². The third kappa shape index (κ3) is 5.49. The molecule has 1 atom stereocenters. The highest BCUT2D eigenvalue weighted by molar-refractivity contribution is 5.94. The molecule has 1 aromatic carbocycles. The molecule has 1 aliphatic rings. The number of ether oxygens (including phenoxy) is 1. The fraction of sp³-hybridized carbons (Fsp3) is 0.333. The fourth-order valence-electron chi connectivity index (χ4n) is 3.75. The summed E-state index contributed by atoms with van der Waals surface area (Å²) in [7, 11) is 0. The van der Waals surface area contributed by atoms with Gasteiger partial charge in [-0.15, -0.1) is 0 Å². The van der Waals surface area contributed by atoms with E-state index in [1.807, 2.05) is 17.0 Å². The van der Waals surface area contributed by atoms with Crippen molar-refractivity contribution >= 4 is 5.91 Å². The maximum atomic E-state index is 13.3. The Labute approximate surface area is 181 Å². The standard InChI is InChI=1S/C24H25FN4O2/c1-17(18-2-4-20(25)5-3-18)12-21-13-19(24(30)29-8-10-31-11-9-29)14-22(28-21)15-23-16-26-6-7-27-23/h2-7,13-14,16-17H,8-12,15H2,1H3/t17-/m1/s1. The van der Waals surface area contributed by atoms with Crippen LogP contribution >= 0.6 is 0 Å². The summed E-state index contributed by atoms with van der Waals surface area (Å²) in [5.41, 5.74) is 4.06. The molecule has 1 aliphatic heterocycles. The van der Waals surface area contributed by atoms with Crippen LogP contribution in [0.25, 0.3) is 0 Å². The van der Waals surface area contributed by atoms with Crippen molar-refractivity contribution in [2.75, 3.05) is 26.3 Å². The van der Waals surface area contributed by atoms with E-state index < -0.39 is 0 Å². The smallest absolute Gasteiger partial charge is 0.254 e. The Kier molecular flexibility index (Phi) is 6.62. The number of morpholine rings is 1. The van der Waals surface area contributed by atoms with Gasteiger partial charge < -0.3 is 9.64 Å². The first-order valence-corrected chi connectivity index (χ1v) is 10.5. The fourth-order valence-corrected chi connectivity index (χ4v) is 3.75. The van der Waals surface area contributed by atoms with E-state index in [2.05, 4.69) is 16.9 Å². The predicted octanol–water partition coefficient (Wildman–Crippen LogP) is 3.42. The van der Waals surface area contributed by atoms with Gasteiger partial charge in [0.15, 0.2) is 0 Å². The third-order valence-corrected chi connectivity index (χ3v) is 5.41. The lowest BCUT2D eigenvalue weighted by Gasteiger charge is -2.27. The lowest BCUT2D eigenvalue weighted by molar-refractivity contribution is 0.0302. The van der Waals surface area contributed by atoms with Crippen LogP contribution in [0.3, 0.4) is 0 Å². The van der Waals surface area contributed by atoms with Gasteiger partial charge in [0.2, 0.25) is 0 Å². The van der Waals surface area contributed by atoms with Crippen molar-refractivity contribution in [3.05, 3.63) is 89.0 Å². The number of benzene rings is 1. The molecule has 6 nitrogen and oxygen atoms in total. The number of hydrogen-bond donors (Lipinski definition) is 0. The van der Waals surface area contributed by atoms with Crippen molar-refractivity contribution in [1.29, 1.82) is 0 Å². The zero-order valence-electron chi connectivity index (χ0n) is 17.5. The van der Waals surface area contributed by atoms with E-state index in [0.717, 1.165) is 22.6 Å². The highest BCUT2D eigenvalue weighted by atomic mass is 19.1. The second kappa shape index (κ2) is 9.75. The summed E-state index contributed by atoms with van der Waals surface area (Å²) in [4.78, 5) is 28.2. The van der Waals surface area contributed by atoms with Crippen molar-refractivity contribution in [1.82, 2.24) is 19.9 Å². The van der Waals surface area contributed by atoms with Crippen LogP contribution in [0.5, 0.6) is 0 Å². The van der Waals surface area contributed by atoms with Gasteiger partial charge in [-0.25, -0.2) is 4.39 Å². The number of carbonyl (C=O) groups excluding carboxylic acids is 1. The van der Waals surface area contributed by atoms with Crippen LogP contribution in [0.2, 0.25) is 0 Å². The summed E-state index contributed by atoms with van der Waals surface area (Å²) in [5, 5.41) is 0. The molecule has 31 heavy (non-hydrogen) atoms. The molecule has 0 unspecified atom stereocenters. The minimum Gasteiger partial charge on any atom is -0.378 e. The average molecular weight is 420 g/mol. The summed E-state index contributed by atoms with van der Waals surface area (Å²) in [6.07, 6.45) is 6.12. The van der Waals surface area contributed by atoms with Crippen LogP contribution in [0, 0.1) is 5.82 Å². The molecule has 0 aliphatic carbocycles. The summed E-state index contributed by atoms with van der Waals surface area (Å²) < 4.78 is 18.7. The topological polar surface area (TPSA) is 68.2 Å². The molecule has 160 valence electrons. The molecule has 0 saturated carbocycles. The number of carbonyl (C=O) groups is 1. The number of hydrogen-bond acceptors (Lipinski definition) is 5. The lowest BCUT2D eigenvalue weighted by atomic mass is 9.95. The Morgan fingerprint density at radius 1 is 1.10 bits per heavy atom. The number of amides is 1. The van der Waals surface area contributed by atoms with Gasteiger partial charge >= 0.3 is 0 Å². The summed E-state index contributed by atoms with van der Waals surface area (Å²) in [6.45, 7) is 4.35. The SMILES string of the molecule is C[C@H](Cc1cc(C(=O)N2CCOCC2)cc(Cc2cnccn2)n1)c1ccc(F)cc1. The van der Waals surface area contributed by atoms with Crippen molar-refractivity contribution < 1.29 is 13.9 Å². The summed E-state index contributed by atoms with van der Waals surface area (Å²) >= 11 is 0. The molecule has 3 heterocycles. The molecule has 0 bridgehead atoms. The maximum Gasteiger partial charge on any atom is 0.254 e. The van der Waals surface area contributed by atoms with Gasteiger partial charge in [-0.2, -0.15) is 0 Å². The number of nitrogens with zero attached hydrogens (tertiary/aromatic N) is 4. The second-order valence-electron chi connectivity index (χ2n) is 7.77. The summed E-state index contributed by atoms with van der Waals surface area (Å²) in [6, 6.07) is 10.2. The maximum absolute atomic E-state index is 13.3. The minimum absolute atomic E-state index is 0.0122.